The SMILES string of the molecule is COCCNCCNC(=O)C1(C)CCCN1C(=O)c1ccccc1.Cl. The maximum absolute atomic E-state index is 12.7. The molecule has 2 rings (SSSR count). The summed E-state index contributed by atoms with van der Waals surface area (Å²) in [6.07, 6.45) is 1.53. The van der Waals surface area contributed by atoms with Crippen LogP contribution in [0.4, 0.5) is 0 Å². The number of amides is 2. The molecule has 2 N–H and O–H groups in total. The van der Waals surface area contributed by atoms with Crippen molar-refractivity contribution in [2.24, 2.45) is 0 Å². The Morgan fingerprint density at radius 1 is 1.20 bits per heavy atom. The van der Waals surface area contributed by atoms with Gasteiger partial charge in [0.15, 0.2) is 0 Å². The first-order valence-electron chi connectivity index (χ1n) is 8.44. The highest BCUT2D eigenvalue weighted by Gasteiger charge is 2.45. The average molecular weight is 370 g/mol. The largest absolute Gasteiger partial charge is 0.383 e. The number of rotatable bonds is 8. The maximum Gasteiger partial charge on any atom is 0.254 e. The van der Waals surface area contributed by atoms with Crippen molar-refractivity contribution in [1.29, 1.82) is 0 Å². The number of likely N-dealkylation sites (tertiary alicyclic amines) is 1. The summed E-state index contributed by atoms with van der Waals surface area (Å²) in [4.78, 5) is 27.1. The minimum atomic E-state index is -0.778. The van der Waals surface area contributed by atoms with E-state index in [2.05, 4.69) is 10.6 Å². The number of ether oxygens (including phenoxy) is 1. The number of benzene rings is 1. The van der Waals surface area contributed by atoms with Gasteiger partial charge >= 0.3 is 0 Å². The number of halogens is 1. The van der Waals surface area contributed by atoms with Gasteiger partial charge in [-0.2, -0.15) is 0 Å². The van der Waals surface area contributed by atoms with Gasteiger partial charge in [-0.1, -0.05) is 18.2 Å². The number of hydrogen-bond acceptors (Lipinski definition) is 4. The topological polar surface area (TPSA) is 70.7 Å². The van der Waals surface area contributed by atoms with E-state index in [9.17, 15) is 9.59 Å². The Balaban J connectivity index is 0.00000312. The zero-order chi connectivity index (χ0) is 17.4. The first-order chi connectivity index (χ1) is 11.6. The molecule has 0 aliphatic carbocycles. The first-order valence-corrected chi connectivity index (χ1v) is 8.44. The highest BCUT2D eigenvalue weighted by atomic mass is 35.5. The summed E-state index contributed by atoms with van der Waals surface area (Å²) in [5.74, 6) is -0.165. The molecule has 0 radical (unpaired) electrons. The van der Waals surface area contributed by atoms with E-state index in [4.69, 9.17) is 4.74 Å². The van der Waals surface area contributed by atoms with Crippen LogP contribution in [-0.2, 0) is 9.53 Å². The van der Waals surface area contributed by atoms with Crippen LogP contribution in [0, 0.1) is 0 Å². The lowest BCUT2D eigenvalue weighted by Gasteiger charge is -2.34. The van der Waals surface area contributed by atoms with E-state index in [0.717, 1.165) is 13.0 Å². The summed E-state index contributed by atoms with van der Waals surface area (Å²) in [6.45, 7) is 5.08. The molecule has 1 atom stereocenters. The Morgan fingerprint density at radius 3 is 2.60 bits per heavy atom. The first kappa shape index (κ1) is 21.4. The monoisotopic (exact) mass is 369 g/mol. The fourth-order valence-corrected chi connectivity index (χ4v) is 3.02. The van der Waals surface area contributed by atoms with Crippen molar-refractivity contribution in [3.8, 4) is 0 Å². The Bertz CT molecular complexity index is 556. The number of methoxy groups -OCH3 is 1. The Morgan fingerprint density at radius 2 is 1.92 bits per heavy atom. The van der Waals surface area contributed by atoms with Crippen LogP contribution in [0.3, 0.4) is 0 Å². The van der Waals surface area contributed by atoms with E-state index in [1.165, 1.54) is 0 Å². The molecule has 1 aliphatic heterocycles. The molecule has 1 aromatic carbocycles. The minimum Gasteiger partial charge on any atom is -0.383 e. The minimum absolute atomic E-state index is 0. The lowest BCUT2D eigenvalue weighted by Crippen LogP contribution is -2.56. The molecule has 140 valence electrons. The van der Waals surface area contributed by atoms with Crippen LogP contribution in [0.5, 0.6) is 0 Å². The van der Waals surface area contributed by atoms with E-state index >= 15 is 0 Å². The van der Waals surface area contributed by atoms with Gasteiger partial charge in [0.25, 0.3) is 5.91 Å². The molecule has 0 spiro atoms. The molecule has 2 amide bonds. The molecule has 1 saturated heterocycles. The van der Waals surface area contributed by atoms with Crippen LogP contribution in [0.25, 0.3) is 0 Å². The highest BCUT2D eigenvalue weighted by molar-refractivity contribution is 5.99. The van der Waals surface area contributed by atoms with Gasteiger partial charge in [0.05, 0.1) is 6.61 Å². The predicted octanol–water partition coefficient (Wildman–Crippen LogP) is 1.46. The van der Waals surface area contributed by atoms with E-state index in [0.29, 0.717) is 38.2 Å². The van der Waals surface area contributed by atoms with Crippen LogP contribution in [0.2, 0.25) is 0 Å². The second kappa shape index (κ2) is 10.4. The van der Waals surface area contributed by atoms with Crippen LogP contribution in [0.1, 0.15) is 30.1 Å². The molecule has 0 aromatic heterocycles. The van der Waals surface area contributed by atoms with Gasteiger partial charge < -0.3 is 20.3 Å². The summed E-state index contributed by atoms with van der Waals surface area (Å²) in [7, 11) is 1.66. The smallest absolute Gasteiger partial charge is 0.254 e. The van der Waals surface area contributed by atoms with E-state index in [1.807, 2.05) is 25.1 Å². The fourth-order valence-electron chi connectivity index (χ4n) is 3.02. The third-order valence-corrected chi connectivity index (χ3v) is 4.47. The van der Waals surface area contributed by atoms with Gasteiger partial charge in [-0.05, 0) is 31.9 Å². The molecule has 0 bridgehead atoms. The van der Waals surface area contributed by atoms with E-state index < -0.39 is 5.54 Å². The molecular weight excluding hydrogens is 342 g/mol. The van der Waals surface area contributed by atoms with Crippen molar-refractivity contribution in [3.05, 3.63) is 35.9 Å². The van der Waals surface area contributed by atoms with Crippen LogP contribution < -0.4 is 10.6 Å². The number of hydrogen-bond donors (Lipinski definition) is 2. The molecule has 7 heteroatoms. The van der Waals surface area contributed by atoms with Crippen molar-refractivity contribution in [2.45, 2.75) is 25.3 Å². The Labute approximate surface area is 155 Å². The zero-order valence-electron chi connectivity index (χ0n) is 14.9. The molecule has 6 nitrogen and oxygen atoms in total. The summed E-state index contributed by atoms with van der Waals surface area (Å²) in [5.41, 5.74) is -0.154. The van der Waals surface area contributed by atoms with Crippen molar-refractivity contribution in [3.63, 3.8) is 0 Å². The van der Waals surface area contributed by atoms with E-state index in [-0.39, 0.29) is 24.2 Å². The van der Waals surface area contributed by atoms with Gasteiger partial charge in [-0.3, -0.25) is 9.59 Å². The fraction of sp³-hybridized carbons (Fsp3) is 0.556. The molecular formula is C18H28ClN3O3. The van der Waals surface area contributed by atoms with Gasteiger partial charge in [0, 0.05) is 38.9 Å². The van der Waals surface area contributed by atoms with Gasteiger partial charge in [0.2, 0.25) is 5.91 Å². The number of carbonyl (C=O) groups excluding carboxylic acids is 2. The second-order valence-corrected chi connectivity index (χ2v) is 6.20. The van der Waals surface area contributed by atoms with Crippen LogP contribution >= 0.6 is 12.4 Å². The third kappa shape index (κ3) is 5.42. The standard InChI is InChI=1S/C18H27N3O3.ClH/c1-18(17(23)20-11-10-19-12-14-24-2)9-6-13-21(18)16(22)15-7-4-3-5-8-15;/h3-5,7-8,19H,6,9-14H2,1-2H3,(H,20,23);1H. The maximum atomic E-state index is 12.7. The summed E-state index contributed by atoms with van der Waals surface area (Å²) in [6, 6.07) is 9.14. The Hall–Kier alpha value is -1.63. The number of carbonyl (C=O) groups is 2. The molecule has 1 aliphatic rings. The predicted molar refractivity (Wildman–Crippen MR) is 100 cm³/mol. The van der Waals surface area contributed by atoms with Gasteiger partial charge in [-0.25, -0.2) is 0 Å². The molecule has 1 fully saturated rings. The molecule has 1 aromatic rings. The van der Waals surface area contributed by atoms with E-state index in [1.54, 1.807) is 24.1 Å². The molecule has 1 unspecified atom stereocenters. The van der Waals surface area contributed by atoms with Crippen LogP contribution in [0.15, 0.2) is 30.3 Å². The lowest BCUT2D eigenvalue weighted by atomic mass is 9.97. The van der Waals surface area contributed by atoms with Crippen molar-refractivity contribution < 1.29 is 14.3 Å². The lowest BCUT2D eigenvalue weighted by molar-refractivity contribution is -0.129. The zero-order valence-corrected chi connectivity index (χ0v) is 15.7. The Kier molecular flexibility index (Phi) is 8.89. The number of nitrogens with zero attached hydrogens (tertiary/aromatic N) is 1. The van der Waals surface area contributed by atoms with Gasteiger partial charge in [-0.15, -0.1) is 12.4 Å². The number of nitrogens with one attached hydrogen (secondary N) is 2. The quantitative estimate of drug-likeness (QED) is 0.680. The van der Waals surface area contributed by atoms with Crippen LogP contribution in [-0.4, -0.2) is 62.1 Å². The highest BCUT2D eigenvalue weighted by Crippen LogP contribution is 2.30. The summed E-state index contributed by atoms with van der Waals surface area (Å²) in [5, 5.41) is 6.13. The van der Waals surface area contributed by atoms with Crippen molar-refractivity contribution in [1.82, 2.24) is 15.5 Å². The average Bonchev–Trinajstić information content (AvgIpc) is 3.01. The molecule has 25 heavy (non-hydrogen) atoms. The summed E-state index contributed by atoms with van der Waals surface area (Å²) < 4.78 is 4.96. The molecule has 0 saturated carbocycles. The van der Waals surface area contributed by atoms with Crippen molar-refractivity contribution >= 4 is 24.2 Å². The summed E-state index contributed by atoms with van der Waals surface area (Å²) >= 11 is 0. The molecule has 1 heterocycles. The second-order valence-electron chi connectivity index (χ2n) is 6.20. The third-order valence-electron chi connectivity index (χ3n) is 4.47. The normalized spacial score (nSPS) is 19.4. The van der Waals surface area contributed by atoms with Crippen molar-refractivity contribution in [2.75, 3.05) is 39.9 Å². The van der Waals surface area contributed by atoms with Gasteiger partial charge in [0.1, 0.15) is 5.54 Å².